The van der Waals surface area contributed by atoms with Crippen molar-refractivity contribution in [1.82, 2.24) is 24.8 Å². The zero-order valence-corrected chi connectivity index (χ0v) is 16.3. The Kier molecular flexibility index (Phi) is 5.46. The van der Waals surface area contributed by atoms with E-state index < -0.39 is 17.4 Å². The standard InChI is InChI=1S/C19H23FN8O2/c20-16-9-13(1-5-23-16)24-18-15(17(22)29)11-28(25-18)19(12-21)3-6-27(7-4-19)10-14-2-8-30-26-14/h1-2,5,8-9,11H,3-4,6-7,10,12,21H2,(H2,22,29)(H,23,24,25). The monoisotopic (exact) mass is 414 g/mol. The number of carbonyl (C=O) groups is 1. The molecule has 1 saturated heterocycles. The molecule has 0 saturated carbocycles. The van der Waals surface area contributed by atoms with Crippen LogP contribution in [0.25, 0.3) is 0 Å². The number of hydrogen-bond acceptors (Lipinski definition) is 8. The molecule has 0 spiro atoms. The lowest BCUT2D eigenvalue weighted by molar-refractivity contribution is 0.0976. The average Bonchev–Trinajstić information content (AvgIpc) is 3.39. The van der Waals surface area contributed by atoms with Crippen LogP contribution in [0.3, 0.4) is 0 Å². The van der Waals surface area contributed by atoms with Crippen molar-refractivity contribution in [2.24, 2.45) is 11.5 Å². The topological polar surface area (TPSA) is 141 Å². The highest BCUT2D eigenvalue weighted by Gasteiger charge is 2.37. The van der Waals surface area contributed by atoms with Crippen molar-refractivity contribution >= 4 is 17.4 Å². The van der Waals surface area contributed by atoms with Crippen LogP contribution in [0.4, 0.5) is 15.9 Å². The predicted octanol–water partition coefficient (Wildman–Crippen LogP) is 1.20. The van der Waals surface area contributed by atoms with E-state index in [0.717, 1.165) is 31.6 Å². The molecule has 0 unspecified atom stereocenters. The Morgan fingerprint density at radius 1 is 1.33 bits per heavy atom. The highest BCUT2D eigenvalue weighted by molar-refractivity contribution is 5.98. The normalized spacial score (nSPS) is 16.5. The van der Waals surface area contributed by atoms with Gasteiger partial charge >= 0.3 is 0 Å². The first kappa shape index (κ1) is 20.0. The number of piperidine rings is 1. The van der Waals surface area contributed by atoms with Gasteiger partial charge in [0, 0.05) is 56.4 Å². The minimum Gasteiger partial charge on any atom is -0.365 e. The van der Waals surface area contributed by atoms with Crippen molar-refractivity contribution in [3.63, 3.8) is 0 Å². The third-order valence-corrected chi connectivity index (χ3v) is 5.50. The number of hydrogen-bond donors (Lipinski definition) is 3. The van der Waals surface area contributed by atoms with Crippen LogP contribution in [-0.2, 0) is 12.1 Å². The summed E-state index contributed by atoms with van der Waals surface area (Å²) in [6.45, 7) is 2.62. The Bertz CT molecular complexity index is 1010. The van der Waals surface area contributed by atoms with E-state index in [2.05, 4.69) is 25.5 Å². The van der Waals surface area contributed by atoms with Crippen molar-refractivity contribution in [2.75, 3.05) is 25.0 Å². The number of carbonyl (C=O) groups excluding carboxylic acids is 1. The largest absolute Gasteiger partial charge is 0.365 e. The van der Waals surface area contributed by atoms with Gasteiger partial charge in [-0.3, -0.25) is 14.4 Å². The number of nitrogens with two attached hydrogens (primary N) is 2. The molecule has 3 aromatic heterocycles. The molecule has 1 aliphatic rings. The molecule has 10 nitrogen and oxygen atoms in total. The Balaban J connectivity index is 1.55. The maximum Gasteiger partial charge on any atom is 0.254 e. The summed E-state index contributed by atoms with van der Waals surface area (Å²) < 4.78 is 20.0. The van der Waals surface area contributed by atoms with Gasteiger partial charge in [0.15, 0.2) is 5.82 Å². The van der Waals surface area contributed by atoms with E-state index in [0.29, 0.717) is 18.8 Å². The third-order valence-electron chi connectivity index (χ3n) is 5.50. The molecule has 1 fully saturated rings. The molecule has 1 amide bonds. The van der Waals surface area contributed by atoms with E-state index in [4.69, 9.17) is 16.0 Å². The van der Waals surface area contributed by atoms with Gasteiger partial charge in [-0.15, -0.1) is 0 Å². The molecule has 3 aromatic rings. The lowest BCUT2D eigenvalue weighted by Crippen LogP contribution is -2.50. The number of amides is 1. The fourth-order valence-corrected chi connectivity index (χ4v) is 3.71. The molecule has 5 N–H and O–H groups in total. The number of halogens is 1. The lowest BCUT2D eigenvalue weighted by Gasteiger charge is -2.41. The van der Waals surface area contributed by atoms with Crippen molar-refractivity contribution < 1.29 is 13.7 Å². The van der Waals surface area contributed by atoms with Gasteiger partial charge in [-0.2, -0.15) is 9.49 Å². The fraction of sp³-hybridized carbons (Fsp3) is 0.368. The van der Waals surface area contributed by atoms with E-state index >= 15 is 0 Å². The van der Waals surface area contributed by atoms with Crippen LogP contribution < -0.4 is 16.8 Å². The first-order valence-electron chi connectivity index (χ1n) is 9.59. The number of nitrogens with zero attached hydrogens (tertiary/aromatic N) is 5. The third kappa shape index (κ3) is 4.02. The number of primary amides is 1. The van der Waals surface area contributed by atoms with Gasteiger partial charge in [0.05, 0.1) is 11.2 Å². The van der Waals surface area contributed by atoms with Gasteiger partial charge in [0.25, 0.3) is 5.91 Å². The molecule has 0 aliphatic carbocycles. The Hall–Kier alpha value is -3.31. The number of anilines is 2. The van der Waals surface area contributed by atoms with Crippen LogP contribution >= 0.6 is 0 Å². The van der Waals surface area contributed by atoms with Gasteiger partial charge in [0.1, 0.15) is 11.8 Å². The molecule has 1 aliphatic heterocycles. The van der Waals surface area contributed by atoms with E-state index in [1.54, 1.807) is 23.2 Å². The van der Waals surface area contributed by atoms with Gasteiger partial charge < -0.3 is 21.3 Å². The number of likely N-dealkylation sites (tertiary alicyclic amines) is 1. The summed E-state index contributed by atoms with van der Waals surface area (Å²) in [7, 11) is 0. The summed E-state index contributed by atoms with van der Waals surface area (Å²) >= 11 is 0. The lowest BCUT2D eigenvalue weighted by atomic mass is 9.87. The van der Waals surface area contributed by atoms with Gasteiger partial charge in [0.2, 0.25) is 5.95 Å². The first-order chi connectivity index (χ1) is 14.5. The molecule has 0 bridgehead atoms. The van der Waals surface area contributed by atoms with Crippen molar-refractivity contribution in [3.05, 3.63) is 54.1 Å². The molecule has 0 atom stereocenters. The van der Waals surface area contributed by atoms with Crippen molar-refractivity contribution in [3.8, 4) is 0 Å². The smallest absolute Gasteiger partial charge is 0.254 e. The SMILES string of the molecule is NCC1(n2cc(C(N)=O)c(Nc3ccnc(F)c3)n2)CCN(Cc2ccon2)CC1. The molecule has 4 rings (SSSR count). The summed E-state index contributed by atoms with van der Waals surface area (Å²) in [5, 5.41) is 11.5. The van der Waals surface area contributed by atoms with Gasteiger partial charge in [-0.05, 0) is 18.9 Å². The minimum atomic E-state index is -0.641. The van der Waals surface area contributed by atoms with Crippen LogP contribution in [0.5, 0.6) is 0 Å². The number of pyridine rings is 1. The number of nitrogens with one attached hydrogen (secondary N) is 1. The minimum absolute atomic E-state index is 0.213. The second-order valence-corrected chi connectivity index (χ2v) is 7.39. The number of rotatable bonds is 7. The van der Waals surface area contributed by atoms with Crippen LogP contribution in [0.15, 0.2) is 41.4 Å². The first-order valence-corrected chi connectivity index (χ1v) is 9.59. The fourth-order valence-electron chi connectivity index (χ4n) is 3.71. The van der Waals surface area contributed by atoms with Crippen molar-refractivity contribution in [2.45, 2.75) is 24.9 Å². The molecule has 0 aromatic carbocycles. The Labute approximate surface area is 172 Å². The molecule has 0 radical (unpaired) electrons. The van der Waals surface area contributed by atoms with Crippen LogP contribution in [0.2, 0.25) is 0 Å². The van der Waals surface area contributed by atoms with E-state index in [1.165, 1.54) is 12.3 Å². The van der Waals surface area contributed by atoms with Gasteiger partial charge in [-0.1, -0.05) is 5.16 Å². The molecule has 4 heterocycles. The second kappa shape index (κ2) is 8.20. The highest BCUT2D eigenvalue weighted by atomic mass is 19.1. The van der Waals surface area contributed by atoms with Crippen LogP contribution in [0, 0.1) is 5.95 Å². The Morgan fingerprint density at radius 2 is 2.13 bits per heavy atom. The van der Waals surface area contributed by atoms with Crippen molar-refractivity contribution in [1.29, 1.82) is 0 Å². The Morgan fingerprint density at radius 3 is 2.77 bits per heavy atom. The summed E-state index contributed by atoms with van der Waals surface area (Å²) in [4.78, 5) is 17.8. The molecule has 158 valence electrons. The van der Waals surface area contributed by atoms with Gasteiger partial charge in [-0.25, -0.2) is 4.98 Å². The molecular formula is C19H23FN8O2. The van der Waals surface area contributed by atoms with Crippen LogP contribution in [-0.4, -0.2) is 50.4 Å². The highest BCUT2D eigenvalue weighted by Crippen LogP contribution is 2.32. The molecular weight excluding hydrogens is 391 g/mol. The quantitative estimate of drug-likeness (QED) is 0.490. The molecule has 11 heteroatoms. The second-order valence-electron chi connectivity index (χ2n) is 7.39. The maximum absolute atomic E-state index is 13.4. The molecule has 30 heavy (non-hydrogen) atoms. The summed E-state index contributed by atoms with van der Waals surface area (Å²) in [5.41, 5.74) is 12.8. The van der Waals surface area contributed by atoms with E-state index in [-0.39, 0.29) is 11.4 Å². The maximum atomic E-state index is 13.4. The predicted molar refractivity (Wildman–Crippen MR) is 106 cm³/mol. The van der Waals surface area contributed by atoms with E-state index in [1.807, 2.05) is 6.07 Å². The number of aromatic nitrogens is 4. The zero-order valence-electron chi connectivity index (χ0n) is 16.3. The van der Waals surface area contributed by atoms with E-state index in [9.17, 15) is 9.18 Å². The summed E-state index contributed by atoms with van der Waals surface area (Å²) in [6, 6.07) is 4.64. The average molecular weight is 414 g/mol. The summed E-state index contributed by atoms with van der Waals surface area (Å²) in [5.74, 6) is -1.02. The summed E-state index contributed by atoms with van der Waals surface area (Å²) in [6.07, 6.45) is 5.98. The zero-order chi connectivity index (χ0) is 21.1. The van der Waals surface area contributed by atoms with Crippen LogP contribution in [0.1, 0.15) is 28.9 Å².